The van der Waals surface area contributed by atoms with Crippen molar-refractivity contribution in [2.45, 2.75) is 62.5 Å². The SMILES string of the molecule is C[C@@H]1CN(c2nc(-n3ccc(OCC(C)(C)C(F)(F)F)n3)ccc2C(=O)NS(=O)(=O)c2cccc(S(C)(C)C)c2)C(C)(C)C1. The lowest BCUT2D eigenvalue weighted by Gasteiger charge is -2.34. The third-order valence-corrected chi connectivity index (χ3v) is 10.6. The van der Waals surface area contributed by atoms with E-state index in [4.69, 9.17) is 9.72 Å². The lowest BCUT2D eigenvalue weighted by atomic mass is 9.94. The number of anilines is 1. The Bertz CT molecular complexity index is 1650. The van der Waals surface area contributed by atoms with Crippen LogP contribution in [0, 0.1) is 11.3 Å². The first-order chi connectivity index (χ1) is 20.1. The van der Waals surface area contributed by atoms with Crippen molar-refractivity contribution in [1.82, 2.24) is 19.5 Å². The number of carbonyl (C=O) groups is 1. The molecule has 0 saturated carbocycles. The number of pyridine rings is 1. The number of amides is 1. The molecule has 1 fully saturated rings. The molecule has 0 spiro atoms. The van der Waals surface area contributed by atoms with E-state index in [9.17, 15) is 26.4 Å². The third-order valence-electron chi connectivity index (χ3n) is 7.63. The quantitative estimate of drug-likeness (QED) is 0.300. The van der Waals surface area contributed by atoms with Crippen molar-refractivity contribution >= 4 is 31.8 Å². The number of hydrogen-bond acceptors (Lipinski definition) is 7. The summed E-state index contributed by atoms with van der Waals surface area (Å²) < 4.78 is 75.4. The van der Waals surface area contributed by atoms with E-state index in [-0.39, 0.29) is 33.9 Å². The second-order valence-corrected chi connectivity index (χ2v) is 19.1. The topological polar surface area (TPSA) is 106 Å². The zero-order valence-electron chi connectivity index (χ0n) is 26.2. The van der Waals surface area contributed by atoms with Crippen LogP contribution in [0.15, 0.2) is 58.5 Å². The molecule has 0 radical (unpaired) electrons. The van der Waals surface area contributed by atoms with Gasteiger partial charge in [-0.05, 0) is 88.0 Å². The van der Waals surface area contributed by atoms with Crippen LogP contribution in [-0.2, 0) is 10.0 Å². The van der Waals surface area contributed by atoms with E-state index in [2.05, 4.69) is 16.7 Å². The van der Waals surface area contributed by atoms with Crippen LogP contribution in [-0.4, -0.2) is 72.7 Å². The van der Waals surface area contributed by atoms with E-state index < -0.39 is 49.7 Å². The Balaban J connectivity index is 1.68. The second kappa shape index (κ2) is 11.6. The predicted molar refractivity (Wildman–Crippen MR) is 167 cm³/mol. The summed E-state index contributed by atoms with van der Waals surface area (Å²) in [5.74, 6) is -0.0246. The van der Waals surface area contributed by atoms with E-state index in [0.717, 1.165) is 25.2 Å². The van der Waals surface area contributed by atoms with Crippen LogP contribution in [0.3, 0.4) is 0 Å². The molecule has 1 N–H and O–H groups in total. The highest BCUT2D eigenvalue weighted by Gasteiger charge is 2.48. The largest absolute Gasteiger partial charge is 0.476 e. The van der Waals surface area contributed by atoms with Gasteiger partial charge in [0.2, 0.25) is 5.88 Å². The number of benzene rings is 1. The van der Waals surface area contributed by atoms with Crippen LogP contribution in [0.2, 0.25) is 0 Å². The number of alkyl halides is 3. The van der Waals surface area contributed by atoms with Crippen molar-refractivity contribution < 1.29 is 31.1 Å². The van der Waals surface area contributed by atoms with Crippen LogP contribution >= 0.6 is 10.0 Å². The summed E-state index contributed by atoms with van der Waals surface area (Å²) >= 11 is 0. The Kier molecular flexibility index (Phi) is 8.86. The van der Waals surface area contributed by atoms with Crippen LogP contribution in [0.4, 0.5) is 19.0 Å². The van der Waals surface area contributed by atoms with E-state index in [1.807, 2.05) is 43.6 Å². The molecule has 14 heteroatoms. The van der Waals surface area contributed by atoms with Gasteiger partial charge in [0.15, 0.2) is 5.82 Å². The number of nitrogens with one attached hydrogen (secondary N) is 1. The summed E-state index contributed by atoms with van der Waals surface area (Å²) in [5.41, 5.74) is -2.41. The van der Waals surface area contributed by atoms with E-state index in [0.29, 0.717) is 6.54 Å². The van der Waals surface area contributed by atoms with Gasteiger partial charge < -0.3 is 9.64 Å². The zero-order valence-corrected chi connectivity index (χ0v) is 27.8. The number of sulfonamides is 1. The average Bonchev–Trinajstić information content (AvgIpc) is 3.48. The van der Waals surface area contributed by atoms with Crippen LogP contribution in [0.5, 0.6) is 5.88 Å². The molecule has 0 aliphatic carbocycles. The molecule has 1 saturated heterocycles. The van der Waals surface area contributed by atoms with E-state index >= 15 is 0 Å². The van der Waals surface area contributed by atoms with Gasteiger partial charge in [-0.15, -0.1) is 5.10 Å². The first-order valence-electron chi connectivity index (χ1n) is 14.0. The molecule has 1 amide bonds. The molecule has 0 bridgehead atoms. The summed E-state index contributed by atoms with van der Waals surface area (Å²) in [7, 11) is -5.42. The smallest absolute Gasteiger partial charge is 0.397 e. The first-order valence-corrected chi connectivity index (χ1v) is 18.3. The Morgan fingerprint density at radius 2 is 1.75 bits per heavy atom. The highest BCUT2D eigenvalue weighted by molar-refractivity contribution is 8.32. The number of nitrogens with zero attached hydrogens (tertiary/aromatic N) is 4. The Morgan fingerprint density at radius 1 is 1.09 bits per heavy atom. The van der Waals surface area contributed by atoms with Gasteiger partial charge in [-0.1, -0.05) is 19.1 Å². The van der Waals surface area contributed by atoms with E-state index in [1.54, 1.807) is 12.1 Å². The molecule has 1 atom stereocenters. The molecular formula is C30H40F3N5O4S2. The molecule has 1 aliphatic rings. The van der Waals surface area contributed by atoms with Gasteiger partial charge in [-0.3, -0.25) is 4.79 Å². The third kappa shape index (κ3) is 7.17. The van der Waals surface area contributed by atoms with Gasteiger partial charge in [0, 0.05) is 24.3 Å². The Labute approximate surface area is 258 Å². The minimum Gasteiger partial charge on any atom is -0.476 e. The Morgan fingerprint density at radius 3 is 2.34 bits per heavy atom. The van der Waals surface area contributed by atoms with Gasteiger partial charge >= 0.3 is 6.18 Å². The fourth-order valence-electron chi connectivity index (χ4n) is 5.01. The second-order valence-electron chi connectivity index (χ2n) is 13.3. The maximum Gasteiger partial charge on any atom is 0.397 e. The summed E-state index contributed by atoms with van der Waals surface area (Å²) in [6, 6.07) is 11.0. The fourth-order valence-corrected chi connectivity index (χ4v) is 7.07. The number of aromatic nitrogens is 3. The molecule has 9 nitrogen and oxygen atoms in total. The summed E-state index contributed by atoms with van der Waals surface area (Å²) in [6.45, 7) is 8.16. The molecule has 242 valence electrons. The van der Waals surface area contributed by atoms with Crippen molar-refractivity contribution in [3.8, 4) is 11.7 Å². The molecule has 4 rings (SSSR count). The van der Waals surface area contributed by atoms with Crippen molar-refractivity contribution in [3.63, 3.8) is 0 Å². The highest BCUT2D eigenvalue weighted by atomic mass is 32.3. The number of halogens is 3. The lowest BCUT2D eigenvalue weighted by molar-refractivity contribution is -0.219. The number of ether oxygens (including phenoxy) is 1. The summed E-state index contributed by atoms with van der Waals surface area (Å²) in [5, 5.41) is 4.24. The normalized spacial score (nSPS) is 17.9. The molecule has 0 unspecified atom stereocenters. The monoisotopic (exact) mass is 655 g/mol. The zero-order chi connectivity index (χ0) is 32.9. The van der Waals surface area contributed by atoms with Crippen LogP contribution in [0.25, 0.3) is 5.82 Å². The van der Waals surface area contributed by atoms with Crippen molar-refractivity contribution in [2.75, 3.05) is 36.8 Å². The molecule has 3 heterocycles. The molecule has 1 aliphatic heterocycles. The van der Waals surface area contributed by atoms with Gasteiger partial charge in [0.1, 0.15) is 12.4 Å². The van der Waals surface area contributed by atoms with Gasteiger partial charge in [0.25, 0.3) is 15.9 Å². The molecule has 3 aromatic rings. The average molecular weight is 656 g/mol. The predicted octanol–water partition coefficient (Wildman–Crippen LogP) is 6.03. The number of carbonyl (C=O) groups excluding carboxylic acids is 1. The van der Waals surface area contributed by atoms with E-state index in [1.165, 1.54) is 35.1 Å². The van der Waals surface area contributed by atoms with Crippen molar-refractivity contribution in [3.05, 3.63) is 54.2 Å². The maximum atomic E-state index is 13.6. The fraction of sp³-hybridized carbons (Fsp3) is 0.500. The summed E-state index contributed by atoms with van der Waals surface area (Å²) in [4.78, 5) is 21.2. The molecule has 1 aromatic carbocycles. The number of hydrogen-bond donors (Lipinski definition) is 1. The lowest BCUT2D eigenvalue weighted by Crippen LogP contribution is -2.41. The van der Waals surface area contributed by atoms with Crippen molar-refractivity contribution in [1.29, 1.82) is 0 Å². The van der Waals surface area contributed by atoms with Crippen LogP contribution in [0.1, 0.15) is 51.4 Å². The minimum absolute atomic E-state index is 0.00944. The molecule has 2 aromatic heterocycles. The van der Waals surface area contributed by atoms with Gasteiger partial charge in [-0.25, -0.2) is 32.8 Å². The maximum absolute atomic E-state index is 13.6. The molecule has 44 heavy (non-hydrogen) atoms. The molecular weight excluding hydrogens is 615 g/mol. The standard InChI is InChI=1S/C30H40F3N5O4S2/c1-20-17-29(4,5)37(18-20)26-23(27(39)36-44(40,41)22-11-9-10-21(16-22)43(6,7)8)12-13-24(34-26)38-15-14-25(35-38)42-19-28(2,3)30(31,32)33/h9-16,20H,17-19H2,1-8H3,(H,36,39)/t20-/m0/s1. The van der Waals surface area contributed by atoms with Crippen LogP contribution < -0.4 is 14.4 Å². The Hall–Kier alpha value is -3.26. The van der Waals surface area contributed by atoms with Gasteiger partial charge in [0.05, 0.1) is 15.9 Å². The van der Waals surface area contributed by atoms with Gasteiger partial charge in [-0.2, -0.15) is 13.2 Å². The summed E-state index contributed by atoms with van der Waals surface area (Å²) in [6.07, 6.45) is 4.00. The van der Waals surface area contributed by atoms with Crippen molar-refractivity contribution in [2.24, 2.45) is 11.3 Å². The highest BCUT2D eigenvalue weighted by Crippen LogP contribution is 2.45. The number of rotatable bonds is 9. The minimum atomic E-state index is -4.45. The first kappa shape index (κ1) is 33.6.